The number of nitrogens with one attached hydrogen (secondary N) is 1. The van der Waals surface area contributed by atoms with Crippen LogP contribution in [0.1, 0.15) is 0 Å². The lowest BCUT2D eigenvalue weighted by atomic mass is 10.2. The molecule has 0 fully saturated rings. The summed E-state index contributed by atoms with van der Waals surface area (Å²) in [6.07, 6.45) is 0. The Morgan fingerprint density at radius 2 is 1.72 bits per heavy atom. The number of hydrogen-bond donors (Lipinski definition) is 1. The third kappa shape index (κ3) is 3.12. The third-order valence-electron chi connectivity index (χ3n) is 3.79. The van der Waals surface area contributed by atoms with Gasteiger partial charge in [0.25, 0.3) is 5.69 Å². The molecule has 1 N–H and O–H groups in total. The zero-order valence-corrected chi connectivity index (χ0v) is 13.9. The molecule has 122 valence electrons. The quantitative estimate of drug-likeness (QED) is 0.402. The number of non-ortho nitro benzene ring substituents is 1. The molecule has 25 heavy (non-hydrogen) atoms. The standard InChI is InChI=1S/C19H13N3O2S/c23-22(24)13-10-11-18(25-14-6-2-1-3-7-14)15(12-13)19-20-16-8-4-5-9-17(16)21-19/h1-12H,(H,20,21). The Labute approximate surface area is 147 Å². The smallest absolute Gasteiger partial charge is 0.270 e. The largest absolute Gasteiger partial charge is 0.338 e. The van der Waals surface area contributed by atoms with Crippen molar-refractivity contribution in [3.8, 4) is 11.4 Å². The first-order valence-corrected chi connectivity index (χ1v) is 8.49. The summed E-state index contributed by atoms with van der Waals surface area (Å²) in [6, 6.07) is 22.5. The second-order valence-corrected chi connectivity index (χ2v) is 6.57. The molecule has 0 unspecified atom stereocenters. The van der Waals surface area contributed by atoms with Gasteiger partial charge in [-0.15, -0.1) is 0 Å². The molecule has 0 spiro atoms. The van der Waals surface area contributed by atoms with E-state index in [1.54, 1.807) is 23.9 Å². The highest BCUT2D eigenvalue weighted by atomic mass is 32.2. The molecule has 0 radical (unpaired) electrons. The predicted molar refractivity (Wildman–Crippen MR) is 98.7 cm³/mol. The van der Waals surface area contributed by atoms with E-state index in [0.717, 1.165) is 26.4 Å². The van der Waals surface area contributed by atoms with E-state index in [0.29, 0.717) is 5.82 Å². The van der Waals surface area contributed by atoms with Gasteiger partial charge in [-0.3, -0.25) is 10.1 Å². The van der Waals surface area contributed by atoms with E-state index < -0.39 is 0 Å². The fourth-order valence-corrected chi connectivity index (χ4v) is 3.55. The Balaban J connectivity index is 1.85. The van der Waals surface area contributed by atoms with Crippen LogP contribution in [0.25, 0.3) is 22.4 Å². The summed E-state index contributed by atoms with van der Waals surface area (Å²) in [4.78, 5) is 20.6. The summed E-state index contributed by atoms with van der Waals surface area (Å²) in [5.74, 6) is 0.628. The zero-order chi connectivity index (χ0) is 17.2. The summed E-state index contributed by atoms with van der Waals surface area (Å²) in [7, 11) is 0. The molecule has 5 nitrogen and oxygen atoms in total. The first-order chi connectivity index (χ1) is 12.2. The van der Waals surface area contributed by atoms with Crippen LogP contribution in [-0.4, -0.2) is 14.9 Å². The zero-order valence-electron chi connectivity index (χ0n) is 13.0. The van der Waals surface area contributed by atoms with Crippen molar-refractivity contribution in [2.24, 2.45) is 0 Å². The number of nitro groups is 1. The number of rotatable bonds is 4. The minimum atomic E-state index is -0.386. The highest BCUT2D eigenvalue weighted by molar-refractivity contribution is 7.99. The highest BCUT2D eigenvalue weighted by Crippen LogP contribution is 2.37. The third-order valence-corrected chi connectivity index (χ3v) is 4.87. The molecule has 0 saturated carbocycles. The molecule has 0 aliphatic heterocycles. The van der Waals surface area contributed by atoms with Crippen LogP contribution in [0, 0.1) is 10.1 Å². The molecule has 4 aromatic rings. The van der Waals surface area contributed by atoms with Crippen LogP contribution in [0.5, 0.6) is 0 Å². The molecule has 1 aromatic heterocycles. The lowest BCUT2D eigenvalue weighted by Gasteiger charge is -2.07. The average molecular weight is 347 g/mol. The lowest BCUT2D eigenvalue weighted by Crippen LogP contribution is -1.91. The lowest BCUT2D eigenvalue weighted by molar-refractivity contribution is -0.384. The Kier molecular flexibility index (Phi) is 3.95. The molecule has 6 heteroatoms. The van der Waals surface area contributed by atoms with Crippen molar-refractivity contribution >= 4 is 28.5 Å². The van der Waals surface area contributed by atoms with Crippen molar-refractivity contribution in [3.05, 3.63) is 82.9 Å². The van der Waals surface area contributed by atoms with E-state index in [9.17, 15) is 10.1 Å². The monoisotopic (exact) mass is 347 g/mol. The van der Waals surface area contributed by atoms with Crippen LogP contribution in [0.2, 0.25) is 0 Å². The number of aromatic nitrogens is 2. The second-order valence-electron chi connectivity index (χ2n) is 5.46. The van der Waals surface area contributed by atoms with E-state index in [4.69, 9.17) is 0 Å². The Hall–Kier alpha value is -3.12. The van der Waals surface area contributed by atoms with Gasteiger partial charge in [0.2, 0.25) is 0 Å². The van der Waals surface area contributed by atoms with E-state index in [1.807, 2.05) is 54.6 Å². The van der Waals surface area contributed by atoms with E-state index in [2.05, 4.69) is 9.97 Å². The van der Waals surface area contributed by atoms with Gasteiger partial charge in [-0.2, -0.15) is 0 Å². The molecule has 0 bridgehead atoms. The minimum absolute atomic E-state index is 0.0490. The van der Waals surface area contributed by atoms with Crippen molar-refractivity contribution in [3.63, 3.8) is 0 Å². The van der Waals surface area contributed by atoms with Gasteiger partial charge in [0.05, 0.1) is 16.0 Å². The number of benzene rings is 3. The fraction of sp³-hybridized carbons (Fsp3) is 0. The normalized spacial score (nSPS) is 10.9. The van der Waals surface area contributed by atoms with Crippen LogP contribution in [0.15, 0.2) is 82.6 Å². The topological polar surface area (TPSA) is 71.8 Å². The van der Waals surface area contributed by atoms with Crippen LogP contribution >= 0.6 is 11.8 Å². The van der Waals surface area contributed by atoms with Gasteiger partial charge < -0.3 is 4.98 Å². The van der Waals surface area contributed by atoms with Crippen LogP contribution < -0.4 is 0 Å². The number of imidazole rings is 1. The van der Waals surface area contributed by atoms with E-state index >= 15 is 0 Å². The number of nitro benzene ring substituents is 1. The molecule has 0 aliphatic carbocycles. The highest BCUT2D eigenvalue weighted by Gasteiger charge is 2.16. The van der Waals surface area contributed by atoms with Crippen LogP contribution in [-0.2, 0) is 0 Å². The summed E-state index contributed by atoms with van der Waals surface area (Å²) in [5.41, 5.74) is 2.51. The average Bonchev–Trinajstić information content (AvgIpc) is 3.06. The first-order valence-electron chi connectivity index (χ1n) is 7.67. The first kappa shape index (κ1) is 15.4. The molecule has 0 amide bonds. The predicted octanol–water partition coefficient (Wildman–Crippen LogP) is 5.29. The van der Waals surface area contributed by atoms with Gasteiger partial charge in [-0.25, -0.2) is 4.98 Å². The molecular weight excluding hydrogens is 334 g/mol. The number of H-pyrrole nitrogens is 1. The Morgan fingerprint density at radius 3 is 2.48 bits per heavy atom. The molecular formula is C19H13N3O2S. The summed E-state index contributed by atoms with van der Waals surface area (Å²) in [6.45, 7) is 0. The van der Waals surface area contributed by atoms with Crippen LogP contribution in [0.3, 0.4) is 0 Å². The van der Waals surface area contributed by atoms with Gasteiger partial charge in [-0.1, -0.05) is 42.1 Å². The maximum Gasteiger partial charge on any atom is 0.270 e. The number of fused-ring (bicyclic) bond motifs is 1. The number of para-hydroxylation sites is 2. The van der Waals surface area contributed by atoms with Gasteiger partial charge in [-0.05, 0) is 30.3 Å². The summed E-state index contributed by atoms with van der Waals surface area (Å²) < 4.78 is 0. The van der Waals surface area contributed by atoms with Crippen molar-refractivity contribution in [1.29, 1.82) is 0 Å². The number of nitrogens with zero attached hydrogens (tertiary/aromatic N) is 2. The summed E-state index contributed by atoms with van der Waals surface area (Å²) in [5, 5.41) is 11.2. The Bertz CT molecular complexity index is 1030. The molecule has 0 atom stereocenters. The van der Waals surface area contributed by atoms with E-state index in [1.165, 1.54) is 6.07 Å². The fourth-order valence-electron chi connectivity index (χ4n) is 2.60. The molecule has 1 heterocycles. The van der Waals surface area contributed by atoms with Gasteiger partial charge in [0.1, 0.15) is 5.82 Å². The van der Waals surface area contributed by atoms with Crippen molar-refractivity contribution in [1.82, 2.24) is 9.97 Å². The molecule has 3 aromatic carbocycles. The minimum Gasteiger partial charge on any atom is -0.338 e. The number of aromatic amines is 1. The number of hydrogen-bond acceptors (Lipinski definition) is 4. The van der Waals surface area contributed by atoms with Gasteiger partial charge in [0.15, 0.2) is 0 Å². The van der Waals surface area contributed by atoms with Crippen LogP contribution in [0.4, 0.5) is 5.69 Å². The van der Waals surface area contributed by atoms with Gasteiger partial charge in [0, 0.05) is 27.5 Å². The van der Waals surface area contributed by atoms with Gasteiger partial charge >= 0.3 is 0 Å². The Morgan fingerprint density at radius 1 is 0.960 bits per heavy atom. The maximum atomic E-state index is 11.2. The second kappa shape index (κ2) is 6.41. The molecule has 0 saturated heterocycles. The van der Waals surface area contributed by atoms with Crippen molar-refractivity contribution in [2.45, 2.75) is 9.79 Å². The van der Waals surface area contributed by atoms with Crippen molar-refractivity contribution < 1.29 is 4.92 Å². The molecule has 0 aliphatic rings. The van der Waals surface area contributed by atoms with E-state index in [-0.39, 0.29) is 10.6 Å². The maximum absolute atomic E-state index is 11.2. The molecule has 4 rings (SSSR count). The van der Waals surface area contributed by atoms with Crippen molar-refractivity contribution in [2.75, 3.05) is 0 Å². The summed E-state index contributed by atoms with van der Waals surface area (Å²) >= 11 is 1.56. The SMILES string of the molecule is O=[N+]([O-])c1ccc(Sc2ccccc2)c(-c2nc3ccccc3[nH]2)c1.